The number of fused-ring (bicyclic) bond motifs is 1. The van der Waals surface area contributed by atoms with E-state index in [1.165, 1.54) is 0 Å². The van der Waals surface area contributed by atoms with Gasteiger partial charge < -0.3 is 19.2 Å². The second-order valence-corrected chi connectivity index (χ2v) is 5.38. The van der Waals surface area contributed by atoms with Crippen molar-refractivity contribution in [2.75, 3.05) is 18.5 Å². The number of hydrogen-bond acceptors (Lipinski definition) is 4. The van der Waals surface area contributed by atoms with Gasteiger partial charge in [-0.3, -0.25) is 0 Å². The minimum absolute atomic E-state index is 0.361. The molecule has 1 unspecified atom stereocenters. The molecule has 0 saturated carbocycles. The Hall–Kier alpha value is -2.10. The summed E-state index contributed by atoms with van der Waals surface area (Å²) in [7, 11) is 0. The van der Waals surface area contributed by atoms with E-state index in [4.69, 9.17) is 13.9 Å². The third kappa shape index (κ3) is 3.72. The number of benzene rings is 1. The molecule has 4 heteroatoms. The molecule has 2 heterocycles. The molecule has 0 aliphatic carbocycles. The van der Waals surface area contributed by atoms with Gasteiger partial charge in [-0.2, -0.15) is 0 Å². The second-order valence-electron chi connectivity index (χ2n) is 5.38. The number of nitrogens with one attached hydrogen (secondary N) is 1. The van der Waals surface area contributed by atoms with Crippen LogP contribution in [0.5, 0.6) is 11.5 Å². The van der Waals surface area contributed by atoms with Gasteiger partial charge in [-0.1, -0.05) is 0 Å². The number of anilines is 1. The number of furan rings is 1. The van der Waals surface area contributed by atoms with Gasteiger partial charge >= 0.3 is 0 Å². The van der Waals surface area contributed by atoms with Crippen LogP contribution in [0.25, 0.3) is 0 Å². The summed E-state index contributed by atoms with van der Waals surface area (Å²) in [5.41, 5.74) is 1.06. The Balaban J connectivity index is 1.58. The van der Waals surface area contributed by atoms with Gasteiger partial charge in [0.05, 0.1) is 19.5 Å². The molecule has 2 aromatic rings. The van der Waals surface area contributed by atoms with Crippen molar-refractivity contribution in [2.24, 2.45) is 0 Å². The third-order valence-corrected chi connectivity index (χ3v) is 3.56. The molecule has 21 heavy (non-hydrogen) atoms. The van der Waals surface area contributed by atoms with Crippen LogP contribution in [-0.4, -0.2) is 19.3 Å². The zero-order valence-electron chi connectivity index (χ0n) is 12.3. The fraction of sp³-hybridized carbons (Fsp3) is 0.412. The van der Waals surface area contributed by atoms with Crippen molar-refractivity contribution >= 4 is 5.69 Å². The Kier molecular flexibility index (Phi) is 4.34. The van der Waals surface area contributed by atoms with Crippen molar-refractivity contribution in [3.05, 3.63) is 42.4 Å². The van der Waals surface area contributed by atoms with Crippen LogP contribution in [0.2, 0.25) is 0 Å². The molecular weight excluding hydrogens is 266 g/mol. The number of hydrogen-bond donors (Lipinski definition) is 1. The van der Waals surface area contributed by atoms with Crippen molar-refractivity contribution in [2.45, 2.75) is 32.2 Å². The number of aryl methyl sites for hydroxylation is 1. The lowest BCUT2D eigenvalue weighted by molar-refractivity contribution is 0.297. The molecule has 112 valence electrons. The molecule has 3 rings (SSSR count). The molecule has 0 spiro atoms. The molecule has 1 aromatic carbocycles. The maximum absolute atomic E-state index is 5.71. The highest BCUT2D eigenvalue weighted by atomic mass is 16.5. The first-order chi connectivity index (χ1) is 10.3. The van der Waals surface area contributed by atoms with Gasteiger partial charge in [-0.25, -0.2) is 0 Å². The fourth-order valence-electron chi connectivity index (χ4n) is 2.42. The highest BCUT2D eigenvalue weighted by Crippen LogP contribution is 2.32. The highest BCUT2D eigenvalue weighted by Gasteiger charge is 2.11. The van der Waals surface area contributed by atoms with E-state index in [9.17, 15) is 0 Å². The Labute approximate surface area is 125 Å². The summed E-state index contributed by atoms with van der Waals surface area (Å²) in [5.74, 6) is 2.69. The molecule has 1 atom stereocenters. The predicted molar refractivity (Wildman–Crippen MR) is 82.2 cm³/mol. The summed E-state index contributed by atoms with van der Waals surface area (Å²) in [6.07, 6.45) is 4.60. The van der Waals surface area contributed by atoms with Crippen molar-refractivity contribution in [1.82, 2.24) is 0 Å². The van der Waals surface area contributed by atoms with E-state index in [-0.39, 0.29) is 0 Å². The SMILES string of the molecule is CC(CCc1ccco1)Nc1ccc2c(c1)OCCCO2. The maximum Gasteiger partial charge on any atom is 0.163 e. The first kappa shape index (κ1) is 13.9. The summed E-state index contributed by atoms with van der Waals surface area (Å²) in [6, 6.07) is 10.3. The predicted octanol–water partition coefficient (Wildman–Crippen LogP) is 3.87. The van der Waals surface area contributed by atoms with Crippen LogP contribution in [0.1, 0.15) is 25.5 Å². The van der Waals surface area contributed by atoms with Crippen molar-refractivity contribution in [3.8, 4) is 11.5 Å². The minimum atomic E-state index is 0.361. The largest absolute Gasteiger partial charge is 0.490 e. The summed E-state index contributed by atoms with van der Waals surface area (Å²) < 4.78 is 16.7. The second kappa shape index (κ2) is 6.57. The third-order valence-electron chi connectivity index (χ3n) is 3.56. The van der Waals surface area contributed by atoms with Gasteiger partial charge in [-0.05, 0) is 37.6 Å². The zero-order valence-corrected chi connectivity index (χ0v) is 12.3. The number of rotatable bonds is 5. The normalized spacial score (nSPS) is 15.3. The van der Waals surface area contributed by atoms with E-state index >= 15 is 0 Å². The first-order valence-corrected chi connectivity index (χ1v) is 7.50. The smallest absolute Gasteiger partial charge is 0.163 e. The Morgan fingerprint density at radius 1 is 1.14 bits per heavy atom. The molecule has 1 N–H and O–H groups in total. The molecule has 0 bridgehead atoms. The van der Waals surface area contributed by atoms with E-state index in [1.807, 2.05) is 30.3 Å². The highest BCUT2D eigenvalue weighted by molar-refractivity contribution is 5.55. The molecule has 4 nitrogen and oxygen atoms in total. The molecule has 0 radical (unpaired) electrons. The lowest BCUT2D eigenvalue weighted by Crippen LogP contribution is -2.15. The van der Waals surface area contributed by atoms with Gasteiger partial charge in [0.1, 0.15) is 5.76 Å². The van der Waals surface area contributed by atoms with Crippen molar-refractivity contribution in [3.63, 3.8) is 0 Å². The lowest BCUT2D eigenvalue weighted by Gasteiger charge is -2.16. The van der Waals surface area contributed by atoms with Gasteiger partial charge in [-0.15, -0.1) is 0 Å². The Morgan fingerprint density at radius 2 is 2.00 bits per heavy atom. The van der Waals surface area contributed by atoms with Crippen molar-refractivity contribution < 1.29 is 13.9 Å². The molecule has 0 fully saturated rings. The standard InChI is InChI=1S/C17H21NO3/c1-13(5-7-15-4-2-9-19-15)18-14-6-8-16-17(12-14)21-11-3-10-20-16/h2,4,6,8-9,12-13,18H,3,5,7,10-11H2,1H3. The van der Waals surface area contributed by atoms with E-state index in [1.54, 1.807) is 6.26 Å². The monoisotopic (exact) mass is 287 g/mol. The quantitative estimate of drug-likeness (QED) is 0.906. The van der Waals surface area contributed by atoms with Gasteiger partial charge in [0.2, 0.25) is 0 Å². The molecular formula is C17H21NO3. The van der Waals surface area contributed by atoms with Crippen LogP contribution in [0.4, 0.5) is 5.69 Å². The van der Waals surface area contributed by atoms with E-state index < -0.39 is 0 Å². The topological polar surface area (TPSA) is 43.6 Å². The van der Waals surface area contributed by atoms with Crippen LogP contribution in [0.3, 0.4) is 0 Å². The maximum atomic E-state index is 5.71. The molecule has 0 amide bonds. The van der Waals surface area contributed by atoms with Crippen LogP contribution in [-0.2, 0) is 6.42 Å². The first-order valence-electron chi connectivity index (χ1n) is 7.50. The molecule has 1 aromatic heterocycles. The summed E-state index contributed by atoms with van der Waals surface area (Å²) in [5, 5.41) is 3.50. The van der Waals surface area contributed by atoms with E-state index in [0.717, 1.165) is 48.8 Å². The van der Waals surface area contributed by atoms with Gasteiger partial charge in [0.15, 0.2) is 11.5 Å². The van der Waals surface area contributed by atoms with E-state index in [2.05, 4.69) is 12.2 Å². The van der Waals surface area contributed by atoms with Gasteiger partial charge in [0.25, 0.3) is 0 Å². The van der Waals surface area contributed by atoms with Crippen LogP contribution in [0.15, 0.2) is 41.0 Å². The average molecular weight is 287 g/mol. The molecule has 1 aliphatic rings. The minimum Gasteiger partial charge on any atom is -0.490 e. The van der Waals surface area contributed by atoms with Crippen LogP contribution < -0.4 is 14.8 Å². The average Bonchev–Trinajstić information content (AvgIpc) is 2.90. The summed E-state index contributed by atoms with van der Waals surface area (Å²) >= 11 is 0. The fourth-order valence-corrected chi connectivity index (χ4v) is 2.42. The van der Waals surface area contributed by atoms with Gasteiger partial charge in [0, 0.05) is 30.6 Å². The van der Waals surface area contributed by atoms with Crippen LogP contribution >= 0.6 is 0 Å². The lowest BCUT2D eigenvalue weighted by atomic mass is 10.1. The van der Waals surface area contributed by atoms with Crippen LogP contribution in [0, 0.1) is 0 Å². The Bertz CT molecular complexity index is 565. The number of ether oxygens (including phenoxy) is 2. The molecule has 0 saturated heterocycles. The molecule has 1 aliphatic heterocycles. The zero-order chi connectivity index (χ0) is 14.5. The van der Waals surface area contributed by atoms with E-state index in [0.29, 0.717) is 12.6 Å². The summed E-state index contributed by atoms with van der Waals surface area (Å²) in [4.78, 5) is 0. The summed E-state index contributed by atoms with van der Waals surface area (Å²) in [6.45, 7) is 3.61. The van der Waals surface area contributed by atoms with Crippen molar-refractivity contribution in [1.29, 1.82) is 0 Å². The Morgan fingerprint density at radius 3 is 2.81 bits per heavy atom.